The van der Waals surface area contributed by atoms with Crippen molar-refractivity contribution in [1.29, 1.82) is 5.26 Å². The fourth-order valence-electron chi connectivity index (χ4n) is 2.19. The molecule has 1 aromatic carbocycles. The molecule has 1 saturated heterocycles. The first-order valence-electron chi connectivity index (χ1n) is 5.86. The van der Waals surface area contributed by atoms with Gasteiger partial charge in [0.2, 0.25) is 0 Å². The predicted octanol–water partition coefficient (Wildman–Crippen LogP) is 1.28. The van der Waals surface area contributed by atoms with Gasteiger partial charge in [0.15, 0.2) is 0 Å². The lowest BCUT2D eigenvalue weighted by atomic mass is 10.1. The molecule has 4 nitrogen and oxygen atoms in total. The van der Waals surface area contributed by atoms with Crippen LogP contribution in [0, 0.1) is 11.3 Å². The number of hydrogen-bond acceptors (Lipinski definition) is 4. The van der Waals surface area contributed by atoms with E-state index in [4.69, 9.17) is 11.0 Å². The first-order chi connectivity index (χ1) is 8.11. The standard InChI is InChI=1S/C13H18N4/c1-10-9-17(6-5-16(10)2)13-4-3-12(15)7-11(13)8-14/h3-4,7,10H,5-6,9,15H2,1-2H3. The van der Waals surface area contributed by atoms with Crippen LogP contribution in [-0.4, -0.2) is 37.6 Å². The Bertz CT molecular complexity index is 449. The second kappa shape index (κ2) is 4.64. The van der Waals surface area contributed by atoms with Crippen LogP contribution in [0.25, 0.3) is 0 Å². The molecule has 1 atom stereocenters. The fraction of sp³-hybridized carbons (Fsp3) is 0.462. The van der Waals surface area contributed by atoms with Crippen molar-refractivity contribution in [2.45, 2.75) is 13.0 Å². The van der Waals surface area contributed by atoms with Gasteiger partial charge in [0.05, 0.1) is 11.3 Å². The van der Waals surface area contributed by atoms with Crippen molar-refractivity contribution in [1.82, 2.24) is 4.90 Å². The zero-order chi connectivity index (χ0) is 12.4. The van der Waals surface area contributed by atoms with E-state index in [2.05, 4.69) is 29.8 Å². The number of nitrogen functional groups attached to an aromatic ring is 1. The molecule has 4 heteroatoms. The van der Waals surface area contributed by atoms with E-state index in [1.54, 1.807) is 6.07 Å². The van der Waals surface area contributed by atoms with E-state index >= 15 is 0 Å². The van der Waals surface area contributed by atoms with Crippen molar-refractivity contribution >= 4 is 11.4 Å². The van der Waals surface area contributed by atoms with Crippen LogP contribution >= 0.6 is 0 Å². The first-order valence-corrected chi connectivity index (χ1v) is 5.86. The Balaban J connectivity index is 2.26. The Morgan fingerprint density at radius 3 is 2.82 bits per heavy atom. The molecule has 17 heavy (non-hydrogen) atoms. The predicted molar refractivity (Wildman–Crippen MR) is 69.9 cm³/mol. The van der Waals surface area contributed by atoms with E-state index in [1.807, 2.05) is 12.1 Å². The van der Waals surface area contributed by atoms with Crippen LogP contribution in [0.4, 0.5) is 11.4 Å². The summed E-state index contributed by atoms with van der Waals surface area (Å²) in [7, 11) is 2.14. The van der Waals surface area contributed by atoms with Crippen molar-refractivity contribution in [3.8, 4) is 6.07 Å². The maximum Gasteiger partial charge on any atom is 0.101 e. The van der Waals surface area contributed by atoms with Crippen LogP contribution in [0.1, 0.15) is 12.5 Å². The highest BCUT2D eigenvalue weighted by molar-refractivity contribution is 5.64. The Hall–Kier alpha value is -1.73. The van der Waals surface area contributed by atoms with Gasteiger partial charge in [-0.3, -0.25) is 0 Å². The van der Waals surface area contributed by atoms with Crippen LogP contribution in [0.2, 0.25) is 0 Å². The van der Waals surface area contributed by atoms with Gasteiger partial charge in [-0.1, -0.05) is 0 Å². The third-order valence-corrected chi connectivity index (χ3v) is 3.44. The Morgan fingerprint density at radius 2 is 2.18 bits per heavy atom. The SMILES string of the molecule is CC1CN(c2ccc(N)cc2C#N)CCN1C. The van der Waals surface area contributed by atoms with E-state index in [0.717, 1.165) is 25.3 Å². The number of nitrogens with two attached hydrogens (primary N) is 1. The molecule has 0 spiro atoms. The van der Waals surface area contributed by atoms with Crippen LogP contribution in [-0.2, 0) is 0 Å². The molecule has 2 N–H and O–H groups in total. The molecule has 0 radical (unpaired) electrons. The normalized spacial score (nSPS) is 21.2. The lowest BCUT2D eigenvalue weighted by Gasteiger charge is -2.39. The highest BCUT2D eigenvalue weighted by Crippen LogP contribution is 2.24. The minimum Gasteiger partial charge on any atom is -0.399 e. The van der Waals surface area contributed by atoms with Crippen molar-refractivity contribution in [2.24, 2.45) is 0 Å². The molecule has 1 aromatic rings. The zero-order valence-corrected chi connectivity index (χ0v) is 10.3. The van der Waals surface area contributed by atoms with Crippen molar-refractivity contribution in [2.75, 3.05) is 37.3 Å². The van der Waals surface area contributed by atoms with E-state index in [0.29, 0.717) is 17.3 Å². The molecule has 0 bridgehead atoms. The van der Waals surface area contributed by atoms with E-state index in [-0.39, 0.29) is 0 Å². The highest BCUT2D eigenvalue weighted by atomic mass is 15.3. The summed E-state index contributed by atoms with van der Waals surface area (Å²) in [6, 6.07) is 8.29. The number of hydrogen-bond donors (Lipinski definition) is 1. The Kier molecular flexibility index (Phi) is 3.21. The molecular weight excluding hydrogens is 212 g/mol. The van der Waals surface area contributed by atoms with Crippen LogP contribution < -0.4 is 10.6 Å². The van der Waals surface area contributed by atoms with E-state index in [9.17, 15) is 0 Å². The van der Waals surface area contributed by atoms with Crippen molar-refractivity contribution in [3.05, 3.63) is 23.8 Å². The Labute approximate surface area is 102 Å². The molecule has 1 heterocycles. The largest absolute Gasteiger partial charge is 0.399 e. The first kappa shape index (κ1) is 11.7. The van der Waals surface area contributed by atoms with Crippen molar-refractivity contribution in [3.63, 3.8) is 0 Å². The zero-order valence-electron chi connectivity index (χ0n) is 10.3. The number of piperazine rings is 1. The van der Waals surface area contributed by atoms with Gasteiger partial charge in [0, 0.05) is 31.4 Å². The second-order valence-corrected chi connectivity index (χ2v) is 4.66. The lowest BCUT2D eigenvalue weighted by Crippen LogP contribution is -2.50. The molecule has 0 amide bonds. The number of rotatable bonds is 1. The van der Waals surface area contributed by atoms with Gasteiger partial charge in [0.25, 0.3) is 0 Å². The molecule has 2 rings (SSSR count). The molecule has 1 unspecified atom stereocenters. The number of anilines is 2. The minimum absolute atomic E-state index is 0.507. The summed E-state index contributed by atoms with van der Waals surface area (Å²) in [5, 5.41) is 9.15. The average molecular weight is 230 g/mol. The topological polar surface area (TPSA) is 56.3 Å². The summed E-state index contributed by atoms with van der Waals surface area (Å²) in [6.45, 7) is 5.14. The van der Waals surface area contributed by atoms with Crippen molar-refractivity contribution < 1.29 is 0 Å². The molecular formula is C13H18N4. The molecule has 1 aliphatic rings. The Morgan fingerprint density at radius 1 is 1.41 bits per heavy atom. The molecule has 90 valence electrons. The van der Waals surface area contributed by atoms with Gasteiger partial charge in [-0.25, -0.2) is 0 Å². The summed E-state index contributed by atoms with van der Waals surface area (Å²) >= 11 is 0. The number of benzene rings is 1. The quantitative estimate of drug-likeness (QED) is 0.738. The number of nitriles is 1. The molecule has 0 aliphatic carbocycles. The third-order valence-electron chi connectivity index (χ3n) is 3.44. The maximum atomic E-state index is 9.15. The molecule has 0 aromatic heterocycles. The summed E-state index contributed by atoms with van der Waals surface area (Å²) in [4.78, 5) is 4.60. The molecule has 0 saturated carbocycles. The van der Waals surface area contributed by atoms with E-state index < -0.39 is 0 Å². The molecule has 1 fully saturated rings. The number of nitrogens with zero attached hydrogens (tertiary/aromatic N) is 3. The van der Waals surface area contributed by atoms with Gasteiger partial charge < -0.3 is 15.5 Å². The lowest BCUT2D eigenvalue weighted by molar-refractivity contribution is 0.234. The molecule has 1 aliphatic heterocycles. The number of likely N-dealkylation sites (N-methyl/N-ethyl adjacent to an activating group) is 1. The average Bonchev–Trinajstić information content (AvgIpc) is 2.32. The van der Waals surface area contributed by atoms with Gasteiger partial charge in [-0.05, 0) is 32.2 Å². The summed E-state index contributed by atoms with van der Waals surface area (Å²) < 4.78 is 0. The van der Waals surface area contributed by atoms with Crippen LogP contribution in [0.3, 0.4) is 0 Å². The summed E-state index contributed by atoms with van der Waals surface area (Å²) in [6.07, 6.45) is 0. The van der Waals surface area contributed by atoms with Gasteiger partial charge in [0.1, 0.15) is 6.07 Å². The second-order valence-electron chi connectivity index (χ2n) is 4.66. The smallest absolute Gasteiger partial charge is 0.101 e. The maximum absolute atomic E-state index is 9.15. The third kappa shape index (κ3) is 2.34. The van der Waals surface area contributed by atoms with Crippen LogP contribution in [0.5, 0.6) is 0 Å². The summed E-state index contributed by atoms with van der Waals surface area (Å²) in [5.74, 6) is 0. The monoisotopic (exact) mass is 230 g/mol. The van der Waals surface area contributed by atoms with Gasteiger partial charge >= 0.3 is 0 Å². The minimum atomic E-state index is 0.507. The fourth-order valence-corrected chi connectivity index (χ4v) is 2.19. The highest BCUT2D eigenvalue weighted by Gasteiger charge is 2.22. The summed E-state index contributed by atoms with van der Waals surface area (Å²) in [5.41, 5.74) is 8.02. The van der Waals surface area contributed by atoms with Crippen LogP contribution in [0.15, 0.2) is 18.2 Å². The van der Waals surface area contributed by atoms with E-state index in [1.165, 1.54) is 0 Å². The van der Waals surface area contributed by atoms with Gasteiger partial charge in [-0.15, -0.1) is 0 Å². The van der Waals surface area contributed by atoms with Gasteiger partial charge in [-0.2, -0.15) is 5.26 Å².